The van der Waals surface area contributed by atoms with Crippen LogP contribution in [0.5, 0.6) is 0 Å². The third-order valence-electron chi connectivity index (χ3n) is 2.02. The van der Waals surface area contributed by atoms with E-state index in [-0.39, 0.29) is 11.4 Å². The van der Waals surface area contributed by atoms with Crippen LogP contribution in [-0.4, -0.2) is 27.1 Å². The molecule has 0 fully saturated rings. The molecule has 6 heteroatoms. The molecule has 4 nitrogen and oxygen atoms in total. The van der Waals surface area contributed by atoms with Crippen molar-refractivity contribution in [3.63, 3.8) is 0 Å². The average Bonchev–Trinajstić information content (AvgIpc) is 2.21. The van der Waals surface area contributed by atoms with Gasteiger partial charge in [-0.2, -0.15) is 12.6 Å². The Labute approximate surface area is 92.4 Å². The molecule has 4 N–H and O–H groups in total. The first-order chi connectivity index (χ1) is 7.06. The van der Waals surface area contributed by atoms with Gasteiger partial charge in [0.1, 0.15) is 6.10 Å². The highest BCUT2D eigenvalue weighted by molar-refractivity contribution is 7.80. The number of aliphatic hydroxyl groups is 2. The highest BCUT2D eigenvalue weighted by atomic mass is 32.1. The normalized spacial score (nSPS) is 14.9. The molecule has 84 valence electrons. The van der Waals surface area contributed by atoms with Crippen LogP contribution in [0.15, 0.2) is 12.3 Å². The number of pyridine rings is 1. The van der Waals surface area contributed by atoms with Crippen molar-refractivity contribution in [2.45, 2.75) is 18.6 Å². The number of rotatable bonds is 4. The lowest BCUT2D eigenvalue weighted by Crippen LogP contribution is -2.19. The zero-order valence-electron chi connectivity index (χ0n) is 7.97. The fourth-order valence-corrected chi connectivity index (χ4v) is 1.40. The third-order valence-corrected chi connectivity index (χ3v) is 2.28. The molecule has 0 aliphatic rings. The Morgan fingerprint density at radius 3 is 2.73 bits per heavy atom. The molecule has 0 aromatic carbocycles. The molecule has 0 radical (unpaired) electrons. The van der Waals surface area contributed by atoms with Gasteiger partial charge in [-0.05, 0) is 18.2 Å². The third kappa shape index (κ3) is 3.05. The highest BCUT2D eigenvalue weighted by Crippen LogP contribution is 2.20. The number of thiol groups is 1. The SMILES string of the molecule is Nc1ncc(C(O)C(O)CCS)cc1F. The predicted octanol–water partition coefficient (Wildman–Crippen LogP) is 0.517. The smallest absolute Gasteiger partial charge is 0.165 e. The van der Waals surface area contributed by atoms with Gasteiger partial charge in [0.2, 0.25) is 0 Å². The van der Waals surface area contributed by atoms with E-state index in [4.69, 9.17) is 5.73 Å². The monoisotopic (exact) mass is 232 g/mol. The van der Waals surface area contributed by atoms with Gasteiger partial charge in [0, 0.05) is 11.8 Å². The molecule has 2 unspecified atom stereocenters. The van der Waals surface area contributed by atoms with Crippen LogP contribution in [-0.2, 0) is 0 Å². The fourth-order valence-electron chi connectivity index (χ4n) is 1.14. The Bertz CT molecular complexity index is 338. The van der Waals surface area contributed by atoms with Crippen LogP contribution in [0.2, 0.25) is 0 Å². The molecule has 2 atom stereocenters. The second-order valence-corrected chi connectivity index (χ2v) is 3.61. The molecule has 0 amide bonds. The second-order valence-electron chi connectivity index (χ2n) is 3.16. The second kappa shape index (κ2) is 5.29. The van der Waals surface area contributed by atoms with Crippen molar-refractivity contribution >= 4 is 18.4 Å². The maximum absolute atomic E-state index is 13.0. The molecule has 0 aliphatic carbocycles. The van der Waals surface area contributed by atoms with E-state index >= 15 is 0 Å². The summed E-state index contributed by atoms with van der Waals surface area (Å²) in [6.45, 7) is 0. The van der Waals surface area contributed by atoms with Crippen LogP contribution < -0.4 is 5.73 Å². The zero-order chi connectivity index (χ0) is 11.4. The van der Waals surface area contributed by atoms with E-state index in [0.717, 1.165) is 6.07 Å². The summed E-state index contributed by atoms with van der Waals surface area (Å²) in [6.07, 6.45) is -0.590. The lowest BCUT2D eigenvalue weighted by molar-refractivity contribution is 0.0169. The Kier molecular flexibility index (Phi) is 4.31. The van der Waals surface area contributed by atoms with E-state index in [9.17, 15) is 14.6 Å². The Hall–Kier alpha value is -0.850. The van der Waals surface area contributed by atoms with Gasteiger partial charge in [-0.1, -0.05) is 0 Å². The largest absolute Gasteiger partial charge is 0.390 e. The van der Waals surface area contributed by atoms with E-state index in [2.05, 4.69) is 17.6 Å². The predicted molar refractivity (Wildman–Crippen MR) is 58.0 cm³/mol. The summed E-state index contributed by atoms with van der Waals surface area (Å²) in [7, 11) is 0. The summed E-state index contributed by atoms with van der Waals surface area (Å²) in [5.74, 6) is -0.498. The highest BCUT2D eigenvalue weighted by Gasteiger charge is 2.18. The summed E-state index contributed by atoms with van der Waals surface area (Å²) in [4.78, 5) is 3.55. The molecule has 0 aliphatic heterocycles. The topological polar surface area (TPSA) is 79.4 Å². The van der Waals surface area contributed by atoms with Gasteiger partial charge >= 0.3 is 0 Å². The molecule has 1 heterocycles. The van der Waals surface area contributed by atoms with Crippen LogP contribution in [0.3, 0.4) is 0 Å². The maximum atomic E-state index is 13.0. The zero-order valence-corrected chi connectivity index (χ0v) is 8.86. The first-order valence-corrected chi connectivity index (χ1v) is 5.07. The minimum absolute atomic E-state index is 0.205. The number of halogens is 1. The van der Waals surface area contributed by atoms with Gasteiger partial charge < -0.3 is 15.9 Å². The molecule has 15 heavy (non-hydrogen) atoms. The molecule has 0 bridgehead atoms. The number of hydrogen-bond donors (Lipinski definition) is 4. The minimum atomic E-state index is -1.17. The van der Waals surface area contributed by atoms with Crippen LogP contribution >= 0.6 is 12.6 Å². The van der Waals surface area contributed by atoms with Crippen LogP contribution in [0.4, 0.5) is 10.2 Å². The molecular formula is C9H13FN2O2S. The Morgan fingerprint density at radius 1 is 1.53 bits per heavy atom. The summed E-state index contributed by atoms with van der Waals surface area (Å²) >= 11 is 3.92. The number of nitrogens with zero attached hydrogens (tertiary/aromatic N) is 1. The summed E-state index contributed by atoms with van der Waals surface area (Å²) in [6, 6.07) is 1.06. The van der Waals surface area contributed by atoms with Crippen LogP contribution in [0.25, 0.3) is 0 Å². The van der Waals surface area contributed by atoms with Gasteiger partial charge in [0.25, 0.3) is 0 Å². The standard InChI is InChI=1S/C9H13FN2O2S/c10-6-3-5(4-12-9(6)11)8(14)7(13)1-2-15/h3-4,7-8,13-15H,1-2H2,(H2,11,12). The summed E-state index contributed by atoms with van der Waals surface area (Å²) in [5.41, 5.74) is 5.39. The fraction of sp³-hybridized carbons (Fsp3) is 0.444. The molecule has 0 spiro atoms. The summed E-state index contributed by atoms with van der Waals surface area (Å²) < 4.78 is 13.0. The van der Waals surface area contributed by atoms with E-state index in [1.165, 1.54) is 6.20 Å². The number of nitrogens with two attached hydrogens (primary N) is 1. The number of hydrogen-bond acceptors (Lipinski definition) is 5. The molecule has 0 saturated heterocycles. The van der Waals surface area contributed by atoms with Crippen LogP contribution in [0.1, 0.15) is 18.1 Å². The lowest BCUT2D eigenvalue weighted by atomic mass is 10.0. The molecule has 0 saturated carbocycles. The molecule has 1 aromatic rings. The van der Waals surface area contributed by atoms with Crippen molar-refractivity contribution < 1.29 is 14.6 Å². The first kappa shape index (κ1) is 12.2. The van der Waals surface area contributed by atoms with Crippen molar-refractivity contribution in [3.8, 4) is 0 Å². The van der Waals surface area contributed by atoms with Gasteiger partial charge in [0.15, 0.2) is 11.6 Å². The molecule has 1 aromatic heterocycles. The minimum Gasteiger partial charge on any atom is -0.390 e. The average molecular weight is 232 g/mol. The van der Waals surface area contributed by atoms with E-state index in [1.54, 1.807) is 0 Å². The van der Waals surface area contributed by atoms with Crippen molar-refractivity contribution in [1.82, 2.24) is 4.98 Å². The van der Waals surface area contributed by atoms with Gasteiger partial charge in [0.05, 0.1) is 6.10 Å². The molecule has 1 rings (SSSR count). The van der Waals surface area contributed by atoms with Crippen molar-refractivity contribution in [2.24, 2.45) is 0 Å². The summed E-state index contributed by atoms with van der Waals surface area (Å²) in [5, 5.41) is 19.1. The van der Waals surface area contributed by atoms with E-state index in [0.29, 0.717) is 12.2 Å². The van der Waals surface area contributed by atoms with E-state index < -0.39 is 18.0 Å². The number of aromatic nitrogens is 1. The van der Waals surface area contributed by atoms with Crippen molar-refractivity contribution in [2.75, 3.05) is 11.5 Å². The number of nitrogen functional groups attached to an aromatic ring is 1. The maximum Gasteiger partial charge on any atom is 0.165 e. The van der Waals surface area contributed by atoms with Gasteiger partial charge in [-0.25, -0.2) is 9.37 Å². The van der Waals surface area contributed by atoms with E-state index in [1.807, 2.05) is 0 Å². The first-order valence-electron chi connectivity index (χ1n) is 4.44. The number of anilines is 1. The van der Waals surface area contributed by atoms with Crippen LogP contribution in [0, 0.1) is 5.82 Å². The number of aliphatic hydroxyl groups excluding tert-OH is 2. The van der Waals surface area contributed by atoms with Crippen molar-refractivity contribution in [1.29, 1.82) is 0 Å². The molecular weight excluding hydrogens is 219 g/mol. The van der Waals surface area contributed by atoms with Crippen molar-refractivity contribution in [3.05, 3.63) is 23.6 Å². The Morgan fingerprint density at radius 2 is 2.20 bits per heavy atom. The van der Waals surface area contributed by atoms with Gasteiger partial charge in [-0.15, -0.1) is 0 Å². The lowest BCUT2D eigenvalue weighted by Gasteiger charge is -2.17. The quantitative estimate of drug-likeness (QED) is 0.571. The van der Waals surface area contributed by atoms with Gasteiger partial charge in [-0.3, -0.25) is 0 Å². The Balaban J connectivity index is 2.81.